The van der Waals surface area contributed by atoms with Gasteiger partial charge >= 0.3 is 6.71 Å². The summed E-state index contributed by atoms with van der Waals surface area (Å²) < 4.78 is 14.0. The first-order chi connectivity index (χ1) is 27.8. The number of rotatable bonds is 3. The average Bonchev–Trinajstić information content (AvgIpc) is 3.65. The van der Waals surface area contributed by atoms with E-state index in [2.05, 4.69) is 202 Å². The molecule has 0 bridgehead atoms. The maximum Gasteiger partial charge on any atom is 0.301 e. The standard InChI is InChI=1S/C54H55BN2O2/c1-31-27-42-46-44(28-31)58-49-38-29-34(53(8,9)10)21-26-43(38)59-50(49)55(46)41-30-40-45(37-15-13-14-16-39(37)54(40,11)12)48(47(41)56-42)57(35-22-17-32(18-23-35)51(2,3)4)36-24-19-33(20-25-36)52(5,6)7/h13-30,56H,1-12H3. The lowest BCUT2D eigenvalue weighted by Crippen LogP contribution is -2.58. The van der Waals surface area contributed by atoms with E-state index in [9.17, 15) is 0 Å². The van der Waals surface area contributed by atoms with Crippen molar-refractivity contribution < 1.29 is 9.15 Å². The Hall–Kier alpha value is -5.68. The minimum atomic E-state index is -0.257. The van der Waals surface area contributed by atoms with Crippen LogP contribution in [-0.2, 0) is 21.7 Å². The second kappa shape index (κ2) is 12.4. The number of anilines is 5. The van der Waals surface area contributed by atoms with Crippen LogP contribution in [0.3, 0.4) is 0 Å². The number of furan rings is 1. The van der Waals surface area contributed by atoms with Gasteiger partial charge in [0.15, 0.2) is 5.75 Å². The second-order valence-electron chi connectivity index (χ2n) is 20.9. The van der Waals surface area contributed by atoms with Crippen molar-refractivity contribution in [3.63, 3.8) is 0 Å². The number of benzene rings is 6. The molecule has 0 atom stereocenters. The van der Waals surface area contributed by atoms with Crippen molar-refractivity contribution in [2.75, 3.05) is 10.2 Å². The van der Waals surface area contributed by atoms with Gasteiger partial charge < -0.3 is 19.4 Å². The predicted octanol–water partition coefficient (Wildman–Crippen LogP) is 13.1. The summed E-state index contributed by atoms with van der Waals surface area (Å²) in [5.74, 6) is 1.71. The van der Waals surface area contributed by atoms with E-state index in [1.54, 1.807) is 0 Å². The summed E-state index contributed by atoms with van der Waals surface area (Å²) in [5.41, 5.74) is 19.5. The van der Waals surface area contributed by atoms with Crippen LogP contribution in [0.2, 0.25) is 0 Å². The molecular weight excluding hydrogens is 719 g/mol. The third-order valence-electron chi connectivity index (χ3n) is 13.2. The molecule has 296 valence electrons. The third-order valence-corrected chi connectivity index (χ3v) is 13.2. The number of nitrogens with one attached hydrogen (secondary N) is 1. The fraction of sp³-hybridized carbons (Fsp3) is 0.296. The van der Waals surface area contributed by atoms with Crippen LogP contribution in [0, 0.1) is 6.92 Å². The smallest absolute Gasteiger partial charge is 0.301 e. The van der Waals surface area contributed by atoms with E-state index in [4.69, 9.17) is 9.15 Å². The summed E-state index contributed by atoms with van der Waals surface area (Å²) >= 11 is 0. The Bertz CT molecular complexity index is 2800. The van der Waals surface area contributed by atoms with Crippen molar-refractivity contribution in [2.24, 2.45) is 0 Å². The fourth-order valence-corrected chi connectivity index (χ4v) is 9.84. The zero-order chi connectivity index (χ0) is 41.6. The molecule has 3 aliphatic rings. The Morgan fingerprint density at radius 3 is 1.85 bits per heavy atom. The van der Waals surface area contributed by atoms with Crippen molar-refractivity contribution >= 4 is 62.7 Å². The summed E-state index contributed by atoms with van der Waals surface area (Å²) in [5, 5.41) is 5.12. The van der Waals surface area contributed by atoms with E-state index in [0.717, 1.165) is 67.6 Å². The van der Waals surface area contributed by atoms with Crippen LogP contribution in [0.5, 0.6) is 11.5 Å². The van der Waals surface area contributed by atoms with Crippen molar-refractivity contribution in [3.8, 4) is 22.6 Å². The molecule has 1 N–H and O–H groups in total. The van der Waals surface area contributed by atoms with Gasteiger partial charge in [0, 0.05) is 33.5 Å². The van der Waals surface area contributed by atoms with E-state index in [0.29, 0.717) is 0 Å². The quantitative estimate of drug-likeness (QED) is 0.181. The largest absolute Gasteiger partial charge is 0.466 e. The maximum atomic E-state index is 7.02. The van der Waals surface area contributed by atoms with Crippen LogP contribution >= 0.6 is 0 Å². The lowest BCUT2D eigenvalue weighted by atomic mass is 9.36. The summed E-state index contributed by atoms with van der Waals surface area (Å²) in [7, 11) is 0. The first-order valence-corrected chi connectivity index (χ1v) is 21.3. The Balaban J connectivity index is 1.32. The molecule has 4 nitrogen and oxygen atoms in total. The minimum absolute atomic E-state index is 0.0221. The van der Waals surface area contributed by atoms with Gasteiger partial charge in [0.1, 0.15) is 17.0 Å². The molecule has 1 aliphatic carbocycles. The molecule has 0 radical (unpaired) electrons. The van der Waals surface area contributed by atoms with Crippen molar-refractivity contribution in [1.82, 2.24) is 0 Å². The second-order valence-corrected chi connectivity index (χ2v) is 20.9. The number of hydrogen-bond donors (Lipinski definition) is 1. The van der Waals surface area contributed by atoms with Gasteiger partial charge in [0.05, 0.1) is 16.8 Å². The minimum Gasteiger partial charge on any atom is -0.466 e. The van der Waals surface area contributed by atoms with Crippen LogP contribution in [0.25, 0.3) is 22.1 Å². The molecule has 0 saturated heterocycles. The SMILES string of the molecule is Cc1cc2c3c(c1)Oc1c(oc4ccc(C(C)(C)C)cc14)B3c1cc3c(c(N(c4ccc(C(C)(C)C)cc4)c4ccc(C(C)(C)C)cc4)c1N2)-c1ccccc1C3(C)C. The maximum absolute atomic E-state index is 7.02. The van der Waals surface area contributed by atoms with Crippen molar-refractivity contribution in [2.45, 2.75) is 105 Å². The van der Waals surface area contributed by atoms with Gasteiger partial charge in [-0.25, -0.2) is 0 Å². The Kier molecular flexibility index (Phi) is 7.92. The molecule has 0 amide bonds. The van der Waals surface area contributed by atoms with Crippen LogP contribution < -0.4 is 31.5 Å². The predicted molar refractivity (Wildman–Crippen MR) is 250 cm³/mol. The lowest BCUT2D eigenvalue weighted by molar-refractivity contribution is 0.482. The molecule has 2 aliphatic heterocycles. The van der Waals surface area contributed by atoms with E-state index in [-0.39, 0.29) is 28.4 Å². The zero-order valence-electron chi connectivity index (χ0n) is 36.7. The molecular formula is C54H55BN2O2. The summed E-state index contributed by atoms with van der Waals surface area (Å²) in [6.45, 7) is 27.2. The third kappa shape index (κ3) is 5.71. The molecule has 0 saturated carbocycles. The van der Waals surface area contributed by atoms with Crippen molar-refractivity contribution in [1.29, 1.82) is 0 Å². The number of hydrogen-bond acceptors (Lipinski definition) is 4. The Labute approximate surface area is 350 Å². The van der Waals surface area contributed by atoms with Crippen LogP contribution in [0.15, 0.2) is 114 Å². The molecule has 6 aromatic carbocycles. The summed E-state index contributed by atoms with van der Waals surface area (Å²) in [6, 6.07) is 41.1. The first kappa shape index (κ1) is 37.6. The topological polar surface area (TPSA) is 37.6 Å². The summed E-state index contributed by atoms with van der Waals surface area (Å²) in [4.78, 5) is 2.51. The highest BCUT2D eigenvalue weighted by Gasteiger charge is 2.48. The molecule has 10 rings (SSSR count). The van der Waals surface area contributed by atoms with Gasteiger partial charge in [-0.2, -0.15) is 0 Å². The summed E-state index contributed by atoms with van der Waals surface area (Å²) in [6.07, 6.45) is 0. The lowest BCUT2D eigenvalue weighted by Gasteiger charge is -2.38. The number of aryl methyl sites for hydroxylation is 1. The van der Waals surface area contributed by atoms with Crippen LogP contribution in [-0.4, -0.2) is 6.71 Å². The van der Waals surface area contributed by atoms with Gasteiger partial charge in [-0.1, -0.05) is 137 Å². The molecule has 7 aromatic rings. The van der Waals surface area contributed by atoms with Gasteiger partial charge in [0.25, 0.3) is 0 Å². The van der Waals surface area contributed by atoms with Gasteiger partial charge in [0.2, 0.25) is 0 Å². The first-order valence-electron chi connectivity index (χ1n) is 21.3. The number of ether oxygens (including phenoxy) is 1. The Morgan fingerprint density at radius 1 is 0.644 bits per heavy atom. The number of nitrogens with zero attached hydrogens (tertiary/aromatic N) is 1. The highest BCUT2D eigenvalue weighted by Crippen LogP contribution is 2.57. The monoisotopic (exact) mass is 774 g/mol. The average molecular weight is 775 g/mol. The zero-order valence-corrected chi connectivity index (χ0v) is 36.7. The molecule has 0 unspecified atom stereocenters. The molecule has 1 aromatic heterocycles. The van der Waals surface area contributed by atoms with E-state index >= 15 is 0 Å². The number of fused-ring (bicyclic) bond motifs is 9. The van der Waals surface area contributed by atoms with Gasteiger partial charge in [-0.15, -0.1) is 0 Å². The normalized spacial score (nSPS) is 14.8. The molecule has 0 spiro atoms. The fourth-order valence-electron chi connectivity index (χ4n) is 9.84. The molecule has 0 fully saturated rings. The highest BCUT2D eigenvalue weighted by molar-refractivity contribution is 6.99. The van der Waals surface area contributed by atoms with E-state index in [1.807, 2.05) is 0 Å². The van der Waals surface area contributed by atoms with E-state index < -0.39 is 0 Å². The van der Waals surface area contributed by atoms with Gasteiger partial charge in [-0.3, -0.25) is 0 Å². The molecule has 5 heteroatoms. The van der Waals surface area contributed by atoms with Crippen LogP contribution in [0.1, 0.15) is 110 Å². The van der Waals surface area contributed by atoms with E-state index in [1.165, 1.54) is 44.4 Å². The highest BCUT2D eigenvalue weighted by atomic mass is 16.5. The van der Waals surface area contributed by atoms with Crippen molar-refractivity contribution in [3.05, 3.63) is 143 Å². The van der Waals surface area contributed by atoms with Crippen LogP contribution in [0.4, 0.5) is 28.4 Å². The molecule has 3 heterocycles. The Morgan fingerprint density at radius 2 is 1.24 bits per heavy atom. The van der Waals surface area contributed by atoms with Gasteiger partial charge in [-0.05, 0) is 116 Å². The molecule has 59 heavy (non-hydrogen) atoms.